The second-order valence-corrected chi connectivity index (χ2v) is 10.2. The molecule has 180 valence electrons. The Morgan fingerprint density at radius 1 is 0.943 bits per heavy atom. The van der Waals surface area contributed by atoms with E-state index in [4.69, 9.17) is 0 Å². The van der Waals surface area contributed by atoms with Crippen LogP contribution < -0.4 is 9.80 Å². The van der Waals surface area contributed by atoms with Crippen molar-refractivity contribution in [3.63, 3.8) is 0 Å². The van der Waals surface area contributed by atoms with Gasteiger partial charge in [-0.15, -0.1) is 11.8 Å². The number of piperazine rings is 1. The highest BCUT2D eigenvalue weighted by atomic mass is 32.2. The Labute approximate surface area is 209 Å². The zero-order valence-electron chi connectivity index (χ0n) is 19.6. The second kappa shape index (κ2) is 10.1. The van der Waals surface area contributed by atoms with Crippen LogP contribution in [0.3, 0.4) is 0 Å². The Morgan fingerprint density at radius 2 is 1.60 bits per heavy atom. The Hall–Kier alpha value is -3.32. The van der Waals surface area contributed by atoms with Crippen molar-refractivity contribution in [2.24, 2.45) is 5.92 Å². The molecular weight excluding hydrogens is 461 g/mol. The average molecular weight is 490 g/mol. The van der Waals surface area contributed by atoms with Crippen molar-refractivity contribution in [2.75, 3.05) is 36.0 Å². The summed E-state index contributed by atoms with van der Waals surface area (Å²) in [6, 6.07) is 24.2. The van der Waals surface area contributed by atoms with Crippen LogP contribution in [0.25, 0.3) is 0 Å². The van der Waals surface area contributed by atoms with Crippen LogP contribution in [0.2, 0.25) is 0 Å². The van der Waals surface area contributed by atoms with Gasteiger partial charge in [0.2, 0.25) is 11.8 Å². The predicted molar refractivity (Wildman–Crippen MR) is 138 cm³/mol. The molecule has 1 saturated heterocycles. The summed E-state index contributed by atoms with van der Waals surface area (Å²) < 4.78 is 13.4. The largest absolute Gasteiger partial charge is 0.368 e. The molecule has 35 heavy (non-hydrogen) atoms. The van der Waals surface area contributed by atoms with E-state index in [1.54, 1.807) is 17.0 Å². The molecule has 0 aliphatic carbocycles. The Morgan fingerprint density at radius 3 is 2.31 bits per heavy atom. The molecule has 0 radical (unpaired) electrons. The summed E-state index contributed by atoms with van der Waals surface area (Å²) in [4.78, 5) is 34.1. The first-order valence-electron chi connectivity index (χ1n) is 11.9. The molecule has 3 aromatic carbocycles. The summed E-state index contributed by atoms with van der Waals surface area (Å²) in [5.41, 5.74) is 2.84. The highest BCUT2D eigenvalue weighted by Crippen LogP contribution is 2.42. The number of anilines is 2. The van der Waals surface area contributed by atoms with Crippen molar-refractivity contribution in [1.82, 2.24) is 4.90 Å². The molecule has 1 fully saturated rings. The maximum absolute atomic E-state index is 13.7. The number of rotatable bonds is 5. The van der Waals surface area contributed by atoms with Gasteiger partial charge in [0, 0.05) is 36.8 Å². The quantitative estimate of drug-likeness (QED) is 0.516. The van der Waals surface area contributed by atoms with Crippen molar-refractivity contribution in [3.05, 3.63) is 90.2 Å². The lowest BCUT2D eigenvalue weighted by molar-refractivity contribution is -0.137. The van der Waals surface area contributed by atoms with Crippen LogP contribution >= 0.6 is 11.8 Å². The third-order valence-electron chi connectivity index (χ3n) is 6.73. The standard InChI is InChI=1S/C28H28FN3O2S/c1-20(27(33)31-17-15-30(16-18-31)23-7-3-2-4-8-23)26-28(34)32(19-21-11-13-22(29)14-12-21)24-9-5-6-10-25(24)35-26/h2-14,20,26H,15-19H2,1H3. The third-order valence-corrected chi connectivity index (χ3v) is 8.19. The number of carbonyl (C=O) groups is 2. The molecule has 0 saturated carbocycles. The van der Waals surface area contributed by atoms with Crippen LogP contribution in [0.15, 0.2) is 83.8 Å². The maximum atomic E-state index is 13.7. The Kier molecular flexibility index (Phi) is 6.77. The number of hydrogen-bond donors (Lipinski definition) is 0. The van der Waals surface area contributed by atoms with E-state index in [0.29, 0.717) is 19.6 Å². The van der Waals surface area contributed by atoms with Crippen LogP contribution in [0, 0.1) is 11.7 Å². The summed E-state index contributed by atoms with van der Waals surface area (Å²) in [5.74, 6) is -0.828. The van der Waals surface area contributed by atoms with Gasteiger partial charge < -0.3 is 14.7 Å². The van der Waals surface area contributed by atoms with Gasteiger partial charge in [0.05, 0.1) is 18.2 Å². The van der Waals surface area contributed by atoms with Gasteiger partial charge in [-0.2, -0.15) is 0 Å². The van der Waals surface area contributed by atoms with Gasteiger partial charge in [-0.1, -0.05) is 49.4 Å². The third kappa shape index (κ3) is 4.91. The van der Waals surface area contributed by atoms with Gasteiger partial charge in [0.1, 0.15) is 11.1 Å². The minimum Gasteiger partial charge on any atom is -0.368 e. The average Bonchev–Trinajstić information content (AvgIpc) is 2.91. The summed E-state index contributed by atoms with van der Waals surface area (Å²) >= 11 is 1.47. The van der Waals surface area contributed by atoms with Crippen molar-refractivity contribution in [3.8, 4) is 0 Å². The van der Waals surface area contributed by atoms with Gasteiger partial charge in [0.25, 0.3) is 0 Å². The minimum atomic E-state index is -0.509. The lowest BCUT2D eigenvalue weighted by Crippen LogP contribution is -2.53. The summed E-state index contributed by atoms with van der Waals surface area (Å²) in [5, 5.41) is -0.509. The summed E-state index contributed by atoms with van der Waals surface area (Å²) in [7, 11) is 0. The fraction of sp³-hybridized carbons (Fsp3) is 0.286. The molecule has 0 spiro atoms. The van der Waals surface area contributed by atoms with Gasteiger partial charge in [-0.05, 0) is 42.0 Å². The van der Waals surface area contributed by atoms with E-state index in [1.165, 1.54) is 29.6 Å². The highest BCUT2D eigenvalue weighted by Gasteiger charge is 2.41. The van der Waals surface area contributed by atoms with E-state index in [1.807, 2.05) is 54.3 Å². The molecule has 2 unspecified atom stereocenters. The number of amides is 2. The summed E-state index contributed by atoms with van der Waals surface area (Å²) in [6.07, 6.45) is 0. The number of benzene rings is 3. The number of carbonyl (C=O) groups excluding carboxylic acids is 2. The van der Waals surface area contributed by atoms with Crippen LogP contribution in [-0.4, -0.2) is 48.1 Å². The molecule has 2 atom stereocenters. The molecule has 2 aliphatic rings. The van der Waals surface area contributed by atoms with E-state index < -0.39 is 11.2 Å². The van der Waals surface area contributed by atoms with Gasteiger partial charge >= 0.3 is 0 Å². The summed E-state index contributed by atoms with van der Waals surface area (Å²) in [6.45, 7) is 5.02. The van der Waals surface area contributed by atoms with Gasteiger partial charge in [-0.25, -0.2) is 4.39 Å². The number of halogens is 1. The number of fused-ring (bicyclic) bond motifs is 1. The van der Waals surface area contributed by atoms with Crippen LogP contribution in [0.1, 0.15) is 12.5 Å². The van der Waals surface area contributed by atoms with Crippen LogP contribution in [0.4, 0.5) is 15.8 Å². The lowest BCUT2D eigenvalue weighted by Gasteiger charge is -2.40. The topological polar surface area (TPSA) is 43.9 Å². The van der Waals surface area contributed by atoms with E-state index in [-0.39, 0.29) is 17.6 Å². The molecule has 2 amide bonds. The lowest BCUT2D eigenvalue weighted by atomic mass is 10.0. The van der Waals surface area contributed by atoms with Crippen molar-refractivity contribution in [2.45, 2.75) is 23.6 Å². The Bertz CT molecular complexity index is 1200. The Balaban J connectivity index is 1.31. The number of thioether (sulfide) groups is 1. The number of para-hydroxylation sites is 2. The van der Waals surface area contributed by atoms with Gasteiger partial charge in [0.15, 0.2) is 0 Å². The number of nitrogens with zero attached hydrogens (tertiary/aromatic N) is 3. The molecule has 3 aromatic rings. The molecule has 7 heteroatoms. The van der Waals surface area contributed by atoms with Gasteiger partial charge in [-0.3, -0.25) is 9.59 Å². The van der Waals surface area contributed by atoms with Crippen LogP contribution in [0.5, 0.6) is 0 Å². The second-order valence-electron chi connectivity index (χ2n) is 8.99. The van der Waals surface area contributed by atoms with Crippen LogP contribution in [-0.2, 0) is 16.1 Å². The minimum absolute atomic E-state index is 0.0182. The van der Waals surface area contributed by atoms with E-state index in [2.05, 4.69) is 17.0 Å². The highest BCUT2D eigenvalue weighted by molar-refractivity contribution is 8.01. The molecular formula is C28H28FN3O2S. The smallest absolute Gasteiger partial charge is 0.241 e. The number of hydrogen-bond acceptors (Lipinski definition) is 4. The molecule has 2 heterocycles. The predicted octanol–water partition coefficient (Wildman–Crippen LogP) is 4.82. The molecule has 0 aromatic heterocycles. The first-order valence-corrected chi connectivity index (χ1v) is 12.8. The van der Waals surface area contributed by atoms with Crippen molar-refractivity contribution < 1.29 is 14.0 Å². The SMILES string of the molecule is CC(C(=O)N1CCN(c2ccccc2)CC1)C1Sc2ccccc2N(Cc2ccc(F)cc2)C1=O. The fourth-order valence-electron chi connectivity index (χ4n) is 4.73. The molecule has 5 nitrogen and oxygen atoms in total. The van der Waals surface area contributed by atoms with E-state index in [0.717, 1.165) is 29.2 Å². The first kappa shape index (κ1) is 23.4. The normalized spacial score (nSPS) is 18.9. The molecule has 0 bridgehead atoms. The monoisotopic (exact) mass is 489 g/mol. The van der Waals surface area contributed by atoms with Crippen molar-refractivity contribution >= 4 is 35.0 Å². The zero-order chi connectivity index (χ0) is 24.4. The first-order chi connectivity index (χ1) is 17.0. The molecule has 2 aliphatic heterocycles. The maximum Gasteiger partial charge on any atom is 0.241 e. The van der Waals surface area contributed by atoms with E-state index >= 15 is 0 Å². The fourth-order valence-corrected chi connectivity index (χ4v) is 6.01. The van der Waals surface area contributed by atoms with E-state index in [9.17, 15) is 14.0 Å². The molecule has 5 rings (SSSR count). The van der Waals surface area contributed by atoms with Crippen molar-refractivity contribution in [1.29, 1.82) is 0 Å². The zero-order valence-corrected chi connectivity index (χ0v) is 20.5. The molecule has 0 N–H and O–H groups in total.